The summed E-state index contributed by atoms with van der Waals surface area (Å²) >= 11 is 6.46. The second-order valence-electron chi connectivity index (χ2n) is 5.39. The topological polar surface area (TPSA) is 39.2 Å². The van der Waals surface area contributed by atoms with Crippen LogP contribution >= 0.6 is 11.6 Å². The van der Waals surface area contributed by atoms with E-state index in [0.717, 1.165) is 21.9 Å². The maximum Gasteiger partial charge on any atom is 0.357 e. The van der Waals surface area contributed by atoms with E-state index < -0.39 is 5.97 Å². The maximum atomic E-state index is 12.1. The van der Waals surface area contributed by atoms with Crippen LogP contribution in [0.5, 0.6) is 0 Å². The SMILES string of the molecule is C=CCOC(=O)c1ccc(C)c(-c2c(Cl)ccc3ccccc23)n1. The van der Waals surface area contributed by atoms with Gasteiger partial charge in [-0.05, 0) is 35.4 Å². The molecule has 3 rings (SSSR count). The largest absolute Gasteiger partial charge is 0.457 e. The molecule has 0 spiro atoms. The number of carbonyl (C=O) groups excluding carboxylic acids is 1. The summed E-state index contributed by atoms with van der Waals surface area (Å²) in [5, 5.41) is 2.66. The molecule has 1 aromatic heterocycles. The minimum absolute atomic E-state index is 0.152. The van der Waals surface area contributed by atoms with E-state index in [2.05, 4.69) is 11.6 Å². The highest BCUT2D eigenvalue weighted by atomic mass is 35.5. The number of fused-ring (bicyclic) bond motifs is 1. The Hall–Kier alpha value is -2.65. The fourth-order valence-corrected chi connectivity index (χ4v) is 2.84. The molecule has 0 N–H and O–H groups in total. The van der Waals surface area contributed by atoms with Gasteiger partial charge in [-0.2, -0.15) is 0 Å². The number of aryl methyl sites for hydroxylation is 1. The summed E-state index contributed by atoms with van der Waals surface area (Å²) in [4.78, 5) is 16.6. The Balaban J connectivity index is 2.18. The quantitative estimate of drug-likeness (QED) is 0.485. The van der Waals surface area contributed by atoms with Crippen molar-refractivity contribution in [3.63, 3.8) is 0 Å². The maximum absolute atomic E-state index is 12.1. The van der Waals surface area contributed by atoms with Crippen LogP contribution in [-0.2, 0) is 4.74 Å². The van der Waals surface area contributed by atoms with Crippen LogP contribution < -0.4 is 0 Å². The van der Waals surface area contributed by atoms with Crippen LogP contribution in [0.1, 0.15) is 16.1 Å². The molecular weight excluding hydrogens is 322 g/mol. The molecular formula is C20H16ClNO2. The third kappa shape index (κ3) is 3.03. The highest BCUT2D eigenvalue weighted by Gasteiger charge is 2.16. The normalized spacial score (nSPS) is 10.6. The van der Waals surface area contributed by atoms with Crippen LogP contribution in [0.3, 0.4) is 0 Å². The number of esters is 1. The minimum Gasteiger partial charge on any atom is -0.457 e. The number of carbonyl (C=O) groups is 1. The molecule has 0 bridgehead atoms. The Morgan fingerprint density at radius 1 is 1.21 bits per heavy atom. The van der Waals surface area contributed by atoms with E-state index >= 15 is 0 Å². The molecule has 24 heavy (non-hydrogen) atoms. The van der Waals surface area contributed by atoms with Gasteiger partial charge in [0, 0.05) is 5.56 Å². The van der Waals surface area contributed by atoms with Gasteiger partial charge >= 0.3 is 5.97 Å². The Bertz CT molecular complexity index is 934. The first-order chi connectivity index (χ1) is 11.6. The zero-order valence-corrected chi connectivity index (χ0v) is 14.0. The lowest BCUT2D eigenvalue weighted by Gasteiger charge is -2.12. The lowest BCUT2D eigenvalue weighted by molar-refractivity contribution is 0.0543. The summed E-state index contributed by atoms with van der Waals surface area (Å²) in [5.41, 5.74) is 2.70. The van der Waals surface area contributed by atoms with E-state index in [1.807, 2.05) is 49.4 Å². The summed E-state index contributed by atoms with van der Waals surface area (Å²) in [6, 6.07) is 15.3. The molecule has 0 unspecified atom stereocenters. The second-order valence-corrected chi connectivity index (χ2v) is 5.80. The number of ether oxygens (including phenoxy) is 1. The number of rotatable bonds is 4. The van der Waals surface area contributed by atoms with Crippen LogP contribution in [0.25, 0.3) is 22.0 Å². The van der Waals surface area contributed by atoms with Crippen molar-refractivity contribution >= 4 is 28.3 Å². The monoisotopic (exact) mass is 337 g/mol. The number of aromatic nitrogens is 1. The van der Waals surface area contributed by atoms with Gasteiger partial charge in [-0.1, -0.05) is 60.7 Å². The van der Waals surface area contributed by atoms with Crippen molar-refractivity contribution in [2.75, 3.05) is 6.61 Å². The lowest BCUT2D eigenvalue weighted by atomic mass is 9.99. The Morgan fingerprint density at radius 3 is 2.79 bits per heavy atom. The van der Waals surface area contributed by atoms with Crippen molar-refractivity contribution in [3.8, 4) is 11.3 Å². The van der Waals surface area contributed by atoms with Crippen LogP contribution in [-0.4, -0.2) is 17.6 Å². The highest BCUT2D eigenvalue weighted by Crippen LogP contribution is 2.35. The molecule has 120 valence electrons. The first-order valence-electron chi connectivity index (χ1n) is 7.55. The number of nitrogens with zero attached hydrogens (tertiary/aromatic N) is 1. The molecule has 1 heterocycles. The zero-order chi connectivity index (χ0) is 17.1. The van der Waals surface area contributed by atoms with Crippen molar-refractivity contribution in [3.05, 3.63) is 77.5 Å². The van der Waals surface area contributed by atoms with Crippen molar-refractivity contribution in [1.82, 2.24) is 4.98 Å². The third-order valence-corrected chi connectivity index (χ3v) is 4.07. The van der Waals surface area contributed by atoms with Gasteiger partial charge in [0.15, 0.2) is 0 Å². The predicted octanol–water partition coefficient (Wildman–Crippen LogP) is 5.21. The van der Waals surface area contributed by atoms with Crippen molar-refractivity contribution in [2.24, 2.45) is 0 Å². The summed E-state index contributed by atoms with van der Waals surface area (Å²) in [7, 11) is 0. The molecule has 0 atom stereocenters. The van der Waals surface area contributed by atoms with Crippen molar-refractivity contribution in [2.45, 2.75) is 6.92 Å². The van der Waals surface area contributed by atoms with E-state index in [1.54, 1.807) is 6.07 Å². The van der Waals surface area contributed by atoms with Crippen LogP contribution in [0, 0.1) is 6.92 Å². The van der Waals surface area contributed by atoms with Gasteiger partial charge in [0.2, 0.25) is 0 Å². The Labute approximate surface area is 145 Å². The molecule has 0 aliphatic carbocycles. The van der Waals surface area contributed by atoms with Gasteiger partial charge in [0.1, 0.15) is 12.3 Å². The van der Waals surface area contributed by atoms with Crippen LogP contribution in [0.2, 0.25) is 5.02 Å². The molecule has 3 nitrogen and oxygen atoms in total. The average Bonchev–Trinajstić information content (AvgIpc) is 2.60. The van der Waals surface area contributed by atoms with Gasteiger partial charge < -0.3 is 4.74 Å². The number of hydrogen-bond acceptors (Lipinski definition) is 3. The van der Waals surface area contributed by atoms with Crippen LogP contribution in [0.4, 0.5) is 0 Å². The van der Waals surface area contributed by atoms with Gasteiger partial charge in [0.05, 0.1) is 10.7 Å². The van der Waals surface area contributed by atoms with Crippen molar-refractivity contribution < 1.29 is 9.53 Å². The molecule has 2 aromatic carbocycles. The van der Waals surface area contributed by atoms with Gasteiger partial charge in [-0.25, -0.2) is 9.78 Å². The first-order valence-corrected chi connectivity index (χ1v) is 7.93. The minimum atomic E-state index is -0.479. The van der Waals surface area contributed by atoms with Gasteiger partial charge in [0.25, 0.3) is 0 Å². The predicted molar refractivity (Wildman–Crippen MR) is 97.4 cm³/mol. The summed E-state index contributed by atoms with van der Waals surface area (Å²) in [6.07, 6.45) is 1.52. The standard InChI is InChI=1S/C20H16ClNO2/c1-3-12-24-20(23)17-11-8-13(2)19(22-17)18-15-7-5-4-6-14(15)9-10-16(18)21/h3-11H,1,12H2,2H3. The lowest BCUT2D eigenvalue weighted by Crippen LogP contribution is -2.08. The first kappa shape index (κ1) is 16.2. The number of hydrogen-bond donors (Lipinski definition) is 0. The average molecular weight is 338 g/mol. The second kappa shape index (κ2) is 6.85. The fraction of sp³-hybridized carbons (Fsp3) is 0.100. The smallest absolute Gasteiger partial charge is 0.357 e. The highest BCUT2D eigenvalue weighted by molar-refractivity contribution is 6.35. The third-order valence-electron chi connectivity index (χ3n) is 3.75. The summed E-state index contributed by atoms with van der Waals surface area (Å²) in [5.74, 6) is -0.479. The molecule has 0 saturated heterocycles. The number of benzene rings is 2. The van der Waals surface area contributed by atoms with Crippen molar-refractivity contribution in [1.29, 1.82) is 0 Å². The van der Waals surface area contributed by atoms with Crippen LogP contribution in [0.15, 0.2) is 61.2 Å². The molecule has 0 radical (unpaired) electrons. The summed E-state index contributed by atoms with van der Waals surface area (Å²) in [6.45, 7) is 5.63. The van der Waals surface area contributed by atoms with E-state index in [0.29, 0.717) is 10.7 Å². The van der Waals surface area contributed by atoms with Gasteiger partial charge in [-0.3, -0.25) is 0 Å². The fourth-order valence-electron chi connectivity index (χ4n) is 2.59. The molecule has 4 heteroatoms. The molecule has 0 fully saturated rings. The molecule has 0 saturated carbocycles. The number of halogens is 1. The Morgan fingerprint density at radius 2 is 2.00 bits per heavy atom. The zero-order valence-electron chi connectivity index (χ0n) is 13.3. The molecule has 3 aromatic rings. The Kier molecular flexibility index (Phi) is 4.63. The molecule has 0 aliphatic rings. The molecule has 0 amide bonds. The van der Waals surface area contributed by atoms with E-state index in [-0.39, 0.29) is 12.3 Å². The van der Waals surface area contributed by atoms with E-state index in [9.17, 15) is 4.79 Å². The van der Waals surface area contributed by atoms with E-state index in [4.69, 9.17) is 16.3 Å². The number of pyridine rings is 1. The molecule has 0 aliphatic heterocycles. The van der Waals surface area contributed by atoms with Gasteiger partial charge in [-0.15, -0.1) is 0 Å². The van der Waals surface area contributed by atoms with E-state index in [1.165, 1.54) is 6.08 Å². The summed E-state index contributed by atoms with van der Waals surface area (Å²) < 4.78 is 5.07.